The van der Waals surface area contributed by atoms with Gasteiger partial charge in [-0.1, -0.05) is 55.8 Å². The third-order valence-corrected chi connectivity index (χ3v) is 3.30. The van der Waals surface area contributed by atoms with Crippen LogP contribution in [-0.4, -0.2) is 0 Å². The Morgan fingerprint density at radius 3 is 2.56 bits per heavy atom. The van der Waals surface area contributed by atoms with Crippen molar-refractivity contribution in [3.63, 3.8) is 0 Å². The van der Waals surface area contributed by atoms with Gasteiger partial charge in [0, 0.05) is 0 Å². The van der Waals surface area contributed by atoms with Crippen LogP contribution in [0.1, 0.15) is 50.7 Å². The fourth-order valence-corrected chi connectivity index (χ4v) is 2.34. The molecule has 0 saturated carbocycles. The molecule has 0 fully saturated rings. The molecule has 0 saturated heterocycles. The molecule has 1 aliphatic carbocycles. The van der Waals surface area contributed by atoms with E-state index in [1.54, 1.807) is 0 Å². The van der Waals surface area contributed by atoms with Gasteiger partial charge in [0.15, 0.2) is 0 Å². The molecule has 1 aliphatic rings. The van der Waals surface area contributed by atoms with Crippen LogP contribution in [0.2, 0.25) is 0 Å². The van der Waals surface area contributed by atoms with Crippen molar-refractivity contribution in [2.75, 3.05) is 0 Å². The predicted molar refractivity (Wildman–Crippen MR) is 71.5 cm³/mol. The summed E-state index contributed by atoms with van der Waals surface area (Å²) < 4.78 is 0. The topological polar surface area (TPSA) is 0 Å². The van der Waals surface area contributed by atoms with E-state index < -0.39 is 0 Å². The number of hydrogen-bond donors (Lipinski definition) is 0. The standard InChI is InChI=1S/C16H20/c1-12(2)14-9-6-7-11-16(14)15-10-5-4-8-13(15)3/h5-7,9-12H,4,8H2,1-3H3. The zero-order valence-corrected chi connectivity index (χ0v) is 10.5. The van der Waals surface area contributed by atoms with Crippen LogP contribution in [0.3, 0.4) is 0 Å². The maximum absolute atomic E-state index is 2.29. The lowest BCUT2D eigenvalue weighted by molar-refractivity contribution is 0.861. The van der Waals surface area contributed by atoms with Crippen LogP contribution >= 0.6 is 0 Å². The first-order valence-corrected chi connectivity index (χ1v) is 6.15. The number of benzene rings is 1. The van der Waals surface area contributed by atoms with Gasteiger partial charge in [0.1, 0.15) is 0 Å². The van der Waals surface area contributed by atoms with E-state index in [1.807, 2.05) is 0 Å². The summed E-state index contributed by atoms with van der Waals surface area (Å²) >= 11 is 0. The van der Waals surface area contributed by atoms with Crippen LogP contribution < -0.4 is 0 Å². The molecule has 0 nitrogen and oxygen atoms in total. The maximum Gasteiger partial charge on any atom is -0.0150 e. The number of allylic oxidation sites excluding steroid dienone is 4. The third-order valence-electron chi connectivity index (χ3n) is 3.30. The van der Waals surface area contributed by atoms with Crippen molar-refractivity contribution < 1.29 is 0 Å². The largest absolute Gasteiger partial charge is 0.0836 e. The molecule has 0 spiro atoms. The highest BCUT2D eigenvalue weighted by molar-refractivity contribution is 5.79. The second kappa shape index (κ2) is 4.69. The van der Waals surface area contributed by atoms with E-state index >= 15 is 0 Å². The van der Waals surface area contributed by atoms with Crippen LogP contribution in [0.25, 0.3) is 5.57 Å². The molecular formula is C16H20. The first-order valence-electron chi connectivity index (χ1n) is 6.15. The minimum absolute atomic E-state index is 0.590. The zero-order valence-electron chi connectivity index (χ0n) is 10.5. The highest BCUT2D eigenvalue weighted by Crippen LogP contribution is 2.32. The first-order chi connectivity index (χ1) is 7.70. The second-order valence-corrected chi connectivity index (χ2v) is 4.88. The molecule has 0 N–H and O–H groups in total. The average Bonchev–Trinajstić information content (AvgIpc) is 2.29. The zero-order chi connectivity index (χ0) is 11.5. The molecule has 1 aromatic rings. The Kier molecular flexibility index (Phi) is 3.28. The van der Waals surface area contributed by atoms with E-state index in [-0.39, 0.29) is 0 Å². The summed E-state index contributed by atoms with van der Waals surface area (Å²) in [6.07, 6.45) is 6.98. The third kappa shape index (κ3) is 2.11. The van der Waals surface area contributed by atoms with Crippen molar-refractivity contribution >= 4 is 5.57 Å². The van der Waals surface area contributed by atoms with Gasteiger partial charge in [0.2, 0.25) is 0 Å². The van der Waals surface area contributed by atoms with Gasteiger partial charge in [-0.25, -0.2) is 0 Å². The summed E-state index contributed by atoms with van der Waals surface area (Å²) in [4.78, 5) is 0. The van der Waals surface area contributed by atoms with Crippen molar-refractivity contribution in [1.82, 2.24) is 0 Å². The van der Waals surface area contributed by atoms with Gasteiger partial charge < -0.3 is 0 Å². The quantitative estimate of drug-likeness (QED) is 0.651. The molecule has 0 amide bonds. The Labute approximate surface area is 98.7 Å². The minimum Gasteiger partial charge on any atom is -0.0836 e. The smallest absolute Gasteiger partial charge is 0.0150 e. The Hall–Kier alpha value is -1.30. The first kappa shape index (κ1) is 11.2. The van der Waals surface area contributed by atoms with Crippen molar-refractivity contribution in [2.24, 2.45) is 0 Å². The van der Waals surface area contributed by atoms with Crippen molar-refractivity contribution in [3.8, 4) is 0 Å². The fraction of sp³-hybridized carbons (Fsp3) is 0.375. The van der Waals surface area contributed by atoms with Gasteiger partial charge in [-0.05, 0) is 42.4 Å². The summed E-state index contributed by atoms with van der Waals surface area (Å²) in [6, 6.07) is 8.79. The molecule has 0 atom stereocenters. The van der Waals surface area contributed by atoms with E-state index in [4.69, 9.17) is 0 Å². The minimum atomic E-state index is 0.590. The lowest BCUT2D eigenvalue weighted by atomic mass is 9.87. The lowest BCUT2D eigenvalue weighted by Crippen LogP contribution is -1.98. The van der Waals surface area contributed by atoms with E-state index in [0.717, 1.165) is 0 Å². The molecule has 1 aromatic carbocycles. The highest BCUT2D eigenvalue weighted by atomic mass is 14.2. The Balaban J connectivity index is 2.51. The highest BCUT2D eigenvalue weighted by Gasteiger charge is 2.12. The summed E-state index contributed by atoms with van der Waals surface area (Å²) in [5, 5.41) is 0. The second-order valence-electron chi connectivity index (χ2n) is 4.88. The summed E-state index contributed by atoms with van der Waals surface area (Å²) in [6.45, 7) is 6.79. The monoisotopic (exact) mass is 212 g/mol. The van der Waals surface area contributed by atoms with Gasteiger partial charge in [-0.2, -0.15) is 0 Å². The molecule has 0 aromatic heterocycles. The van der Waals surface area contributed by atoms with Gasteiger partial charge in [-0.15, -0.1) is 0 Å². The van der Waals surface area contributed by atoms with Crippen LogP contribution in [0.4, 0.5) is 0 Å². The Bertz CT molecular complexity index is 433. The molecule has 0 radical (unpaired) electrons. The molecule has 16 heavy (non-hydrogen) atoms. The molecule has 0 heteroatoms. The molecule has 0 unspecified atom stereocenters. The molecule has 2 rings (SSSR count). The Morgan fingerprint density at radius 1 is 1.12 bits per heavy atom. The van der Waals surface area contributed by atoms with Crippen molar-refractivity contribution in [1.29, 1.82) is 0 Å². The van der Waals surface area contributed by atoms with Crippen molar-refractivity contribution in [2.45, 2.75) is 39.5 Å². The van der Waals surface area contributed by atoms with Crippen LogP contribution in [-0.2, 0) is 0 Å². The number of rotatable bonds is 2. The van der Waals surface area contributed by atoms with Crippen molar-refractivity contribution in [3.05, 3.63) is 53.1 Å². The van der Waals surface area contributed by atoms with Gasteiger partial charge in [-0.3, -0.25) is 0 Å². The maximum atomic E-state index is 2.29. The Morgan fingerprint density at radius 2 is 1.88 bits per heavy atom. The molecule has 0 aliphatic heterocycles. The number of hydrogen-bond acceptors (Lipinski definition) is 0. The molecule has 0 bridgehead atoms. The normalized spacial score (nSPS) is 16.0. The molecular weight excluding hydrogens is 192 g/mol. The van der Waals surface area contributed by atoms with E-state index in [9.17, 15) is 0 Å². The van der Waals surface area contributed by atoms with Gasteiger partial charge in [0.25, 0.3) is 0 Å². The van der Waals surface area contributed by atoms with E-state index in [2.05, 4.69) is 57.2 Å². The van der Waals surface area contributed by atoms with Gasteiger partial charge >= 0.3 is 0 Å². The fourth-order valence-electron chi connectivity index (χ4n) is 2.34. The summed E-state index contributed by atoms with van der Waals surface area (Å²) in [5.74, 6) is 0.590. The molecule has 0 heterocycles. The van der Waals surface area contributed by atoms with E-state index in [0.29, 0.717) is 5.92 Å². The van der Waals surface area contributed by atoms with Gasteiger partial charge in [0.05, 0.1) is 0 Å². The summed E-state index contributed by atoms with van der Waals surface area (Å²) in [7, 11) is 0. The lowest BCUT2D eigenvalue weighted by Gasteiger charge is -2.18. The molecule has 84 valence electrons. The summed E-state index contributed by atoms with van der Waals surface area (Å²) in [5.41, 5.74) is 5.85. The van der Waals surface area contributed by atoms with Crippen LogP contribution in [0, 0.1) is 0 Å². The predicted octanol–water partition coefficient (Wildman–Crippen LogP) is 4.93. The average molecular weight is 212 g/mol. The van der Waals surface area contributed by atoms with Crippen LogP contribution in [0.5, 0.6) is 0 Å². The van der Waals surface area contributed by atoms with Crippen LogP contribution in [0.15, 0.2) is 42.0 Å². The van der Waals surface area contributed by atoms with E-state index in [1.165, 1.54) is 35.1 Å². The SMILES string of the molecule is CC1=C(c2ccccc2C(C)C)C=CCC1.